The fourth-order valence-corrected chi connectivity index (χ4v) is 3.10. The van der Waals surface area contributed by atoms with Crippen molar-refractivity contribution in [3.8, 4) is 5.75 Å². The Hall–Kier alpha value is -2.47. The van der Waals surface area contributed by atoms with Crippen LogP contribution in [0.15, 0.2) is 53.7 Å². The highest BCUT2D eigenvalue weighted by molar-refractivity contribution is 7.99. The molecule has 0 saturated carbocycles. The number of nitrogens with zero attached hydrogens (tertiary/aromatic N) is 1. The first kappa shape index (κ1) is 16.4. The van der Waals surface area contributed by atoms with Gasteiger partial charge in [0.05, 0.1) is 17.6 Å². The Morgan fingerprint density at radius 2 is 2.08 bits per heavy atom. The molecule has 1 heterocycles. The first-order chi connectivity index (χ1) is 11.7. The molecular weight excluding hydrogens is 322 g/mol. The van der Waals surface area contributed by atoms with E-state index in [-0.39, 0.29) is 5.91 Å². The maximum absolute atomic E-state index is 11.9. The van der Waals surface area contributed by atoms with E-state index in [1.165, 1.54) is 11.8 Å². The fraction of sp³-hybridized carbons (Fsp3) is 0.222. The van der Waals surface area contributed by atoms with Crippen molar-refractivity contribution in [2.75, 3.05) is 17.7 Å². The summed E-state index contributed by atoms with van der Waals surface area (Å²) in [6, 6.07) is 15.3. The van der Waals surface area contributed by atoms with E-state index in [0.29, 0.717) is 18.8 Å². The van der Waals surface area contributed by atoms with Crippen molar-refractivity contribution in [3.05, 3.63) is 48.5 Å². The van der Waals surface area contributed by atoms with Gasteiger partial charge in [-0.15, -0.1) is 0 Å². The third kappa shape index (κ3) is 4.29. The summed E-state index contributed by atoms with van der Waals surface area (Å²) in [4.78, 5) is 19.7. The number of ether oxygens (including phenoxy) is 1. The van der Waals surface area contributed by atoms with Gasteiger partial charge >= 0.3 is 0 Å². The van der Waals surface area contributed by atoms with E-state index < -0.39 is 0 Å². The third-order valence-electron chi connectivity index (χ3n) is 3.37. The van der Waals surface area contributed by atoms with Crippen LogP contribution in [0.5, 0.6) is 5.75 Å². The second kappa shape index (κ2) is 7.88. The van der Waals surface area contributed by atoms with Gasteiger partial charge in [-0.25, -0.2) is 4.98 Å². The Kier molecular flexibility index (Phi) is 5.38. The first-order valence-electron chi connectivity index (χ1n) is 7.85. The monoisotopic (exact) mass is 341 g/mol. The minimum Gasteiger partial charge on any atom is -0.494 e. The minimum atomic E-state index is 0.00319. The molecule has 2 N–H and O–H groups in total. The van der Waals surface area contributed by atoms with E-state index in [2.05, 4.69) is 15.3 Å². The van der Waals surface area contributed by atoms with Gasteiger partial charge in [-0.3, -0.25) is 4.79 Å². The van der Waals surface area contributed by atoms with Crippen molar-refractivity contribution in [1.29, 1.82) is 0 Å². The number of para-hydroxylation sites is 1. The van der Waals surface area contributed by atoms with Gasteiger partial charge in [-0.2, -0.15) is 0 Å². The lowest BCUT2D eigenvalue weighted by atomic mass is 10.3. The van der Waals surface area contributed by atoms with Crippen LogP contribution in [0.4, 0.5) is 5.69 Å². The number of H-pyrrole nitrogens is 1. The van der Waals surface area contributed by atoms with Gasteiger partial charge in [0.1, 0.15) is 5.75 Å². The molecule has 0 bridgehead atoms. The molecule has 6 heteroatoms. The number of carbonyl (C=O) groups excluding carboxylic acids is 1. The summed E-state index contributed by atoms with van der Waals surface area (Å²) >= 11 is 1.54. The SMILES string of the molecule is CCOc1ccc2nc(SCCC(=O)Nc3ccccc3)[nH]c2c1. The Morgan fingerprint density at radius 1 is 1.25 bits per heavy atom. The fourth-order valence-electron chi connectivity index (χ4n) is 2.28. The second-order valence-corrected chi connectivity index (χ2v) is 6.25. The summed E-state index contributed by atoms with van der Waals surface area (Å²) in [5.74, 6) is 1.49. The zero-order chi connectivity index (χ0) is 16.8. The number of amides is 1. The van der Waals surface area contributed by atoms with Crippen molar-refractivity contribution < 1.29 is 9.53 Å². The molecule has 3 aromatic rings. The molecule has 0 spiro atoms. The Bertz CT molecular complexity index is 818. The molecule has 2 aromatic carbocycles. The zero-order valence-corrected chi connectivity index (χ0v) is 14.2. The van der Waals surface area contributed by atoms with E-state index in [4.69, 9.17) is 4.74 Å². The molecule has 24 heavy (non-hydrogen) atoms. The number of nitrogens with one attached hydrogen (secondary N) is 2. The molecular formula is C18H19N3O2S. The number of hydrogen-bond donors (Lipinski definition) is 2. The van der Waals surface area contributed by atoms with Gasteiger partial charge < -0.3 is 15.0 Å². The van der Waals surface area contributed by atoms with E-state index in [1.54, 1.807) is 0 Å². The van der Waals surface area contributed by atoms with E-state index in [9.17, 15) is 4.79 Å². The number of benzene rings is 2. The standard InChI is InChI=1S/C18H19N3O2S/c1-2-23-14-8-9-15-16(12-14)21-18(20-15)24-11-10-17(22)19-13-6-4-3-5-7-13/h3-9,12H,2,10-11H2,1H3,(H,19,22)(H,20,21). The molecule has 3 rings (SSSR count). The Labute approximate surface area is 144 Å². The lowest BCUT2D eigenvalue weighted by molar-refractivity contribution is -0.115. The van der Waals surface area contributed by atoms with Crippen molar-refractivity contribution in [1.82, 2.24) is 9.97 Å². The Balaban J connectivity index is 1.53. The number of fused-ring (bicyclic) bond motifs is 1. The number of imidazole rings is 1. The number of aromatic amines is 1. The van der Waals surface area contributed by atoms with Gasteiger partial charge in [0.15, 0.2) is 5.16 Å². The van der Waals surface area contributed by atoms with Gasteiger partial charge in [-0.05, 0) is 31.2 Å². The van der Waals surface area contributed by atoms with Crippen LogP contribution in [0, 0.1) is 0 Å². The van der Waals surface area contributed by atoms with Crippen LogP contribution in [-0.4, -0.2) is 28.2 Å². The highest BCUT2D eigenvalue weighted by atomic mass is 32.2. The average Bonchev–Trinajstić information content (AvgIpc) is 2.98. The van der Waals surface area contributed by atoms with Crippen LogP contribution in [0.1, 0.15) is 13.3 Å². The minimum absolute atomic E-state index is 0.00319. The summed E-state index contributed by atoms with van der Waals surface area (Å²) in [5.41, 5.74) is 2.66. The largest absolute Gasteiger partial charge is 0.494 e. The molecule has 0 radical (unpaired) electrons. The molecule has 5 nitrogen and oxygen atoms in total. The number of rotatable bonds is 7. The van der Waals surface area contributed by atoms with E-state index in [1.807, 2.05) is 55.5 Å². The van der Waals surface area contributed by atoms with Crippen molar-refractivity contribution in [3.63, 3.8) is 0 Å². The Morgan fingerprint density at radius 3 is 2.88 bits per heavy atom. The van der Waals surface area contributed by atoms with Crippen LogP contribution in [-0.2, 0) is 4.79 Å². The number of carbonyl (C=O) groups is 1. The molecule has 0 unspecified atom stereocenters. The number of thioether (sulfide) groups is 1. The van der Waals surface area contributed by atoms with Crippen LogP contribution in [0.2, 0.25) is 0 Å². The zero-order valence-electron chi connectivity index (χ0n) is 13.4. The predicted molar refractivity (Wildman–Crippen MR) is 97.7 cm³/mol. The molecule has 1 amide bonds. The highest BCUT2D eigenvalue weighted by Gasteiger charge is 2.07. The molecule has 1 aromatic heterocycles. The quantitative estimate of drug-likeness (QED) is 0.635. The van der Waals surface area contributed by atoms with Crippen LogP contribution >= 0.6 is 11.8 Å². The number of aromatic nitrogens is 2. The van der Waals surface area contributed by atoms with Crippen molar-refractivity contribution in [2.45, 2.75) is 18.5 Å². The summed E-state index contributed by atoms with van der Waals surface area (Å²) in [5, 5.41) is 3.69. The summed E-state index contributed by atoms with van der Waals surface area (Å²) in [6.07, 6.45) is 0.431. The van der Waals surface area contributed by atoms with Gasteiger partial charge in [0.25, 0.3) is 0 Å². The van der Waals surface area contributed by atoms with Crippen LogP contribution in [0.25, 0.3) is 11.0 Å². The average molecular weight is 341 g/mol. The third-order valence-corrected chi connectivity index (χ3v) is 4.24. The van der Waals surface area contributed by atoms with Gasteiger partial charge in [0, 0.05) is 23.9 Å². The predicted octanol–water partition coefficient (Wildman–Crippen LogP) is 4.08. The maximum atomic E-state index is 11.9. The molecule has 124 valence electrons. The van der Waals surface area contributed by atoms with Gasteiger partial charge in [0.2, 0.25) is 5.91 Å². The second-order valence-electron chi connectivity index (χ2n) is 5.17. The lowest BCUT2D eigenvalue weighted by Gasteiger charge is -2.03. The maximum Gasteiger partial charge on any atom is 0.225 e. The number of anilines is 1. The van der Waals surface area contributed by atoms with Crippen LogP contribution in [0.3, 0.4) is 0 Å². The van der Waals surface area contributed by atoms with Crippen molar-refractivity contribution >= 4 is 34.4 Å². The molecule has 0 aliphatic rings. The highest BCUT2D eigenvalue weighted by Crippen LogP contribution is 2.23. The van der Waals surface area contributed by atoms with E-state index in [0.717, 1.165) is 27.6 Å². The first-order valence-corrected chi connectivity index (χ1v) is 8.83. The topological polar surface area (TPSA) is 67.0 Å². The van der Waals surface area contributed by atoms with Crippen molar-refractivity contribution in [2.24, 2.45) is 0 Å². The molecule has 0 aliphatic heterocycles. The molecule has 0 atom stereocenters. The number of hydrogen-bond acceptors (Lipinski definition) is 4. The molecule has 0 aliphatic carbocycles. The lowest BCUT2D eigenvalue weighted by Crippen LogP contribution is -2.11. The van der Waals surface area contributed by atoms with Crippen LogP contribution < -0.4 is 10.1 Å². The van der Waals surface area contributed by atoms with E-state index >= 15 is 0 Å². The molecule has 0 saturated heterocycles. The summed E-state index contributed by atoms with van der Waals surface area (Å²) < 4.78 is 5.48. The normalized spacial score (nSPS) is 10.7. The summed E-state index contributed by atoms with van der Waals surface area (Å²) in [6.45, 7) is 2.59. The van der Waals surface area contributed by atoms with Gasteiger partial charge in [-0.1, -0.05) is 30.0 Å². The summed E-state index contributed by atoms with van der Waals surface area (Å²) in [7, 11) is 0. The molecule has 0 fully saturated rings. The smallest absolute Gasteiger partial charge is 0.225 e.